The van der Waals surface area contributed by atoms with E-state index in [4.69, 9.17) is 0 Å². The molecule has 2 N–H and O–H groups in total. The molecule has 25 heavy (non-hydrogen) atoms. The average Bonchev–Trinajstić information content (AvgIpc) is 3.05. The number of aliphatic hydroxyl groups excluding tert-OH is 1. The third kappa shape index (κ3) is 4.26. The molecular weight excluding hydrogens is 393 g/mol. The van der Waals surface area contributed by atoms with Crippen LogP contribution >= 0.6 is 35.3 Å². The van der Waals surface area contributed by atoms with Crippen molar-refractivity contribution in [2.24, 2.45) is 5.92 Å². The maximum absolute atomic E-state index is 12.1. The van der Waals surface area contributed by atoms with Gasteiger partial charge in [-0.05, 0) is 13.8 Å². The number of β-lactam (4-membered cyclic amide) rings is 1. The number of hydrogen-bond donors (Lipinski definition) is 2. The number of aromatic amines is 1. The minimum Gasteiger partial charge on any atom is -0.543 e. The van der Waals surface area contributed by atoms with Crippen LogP contribution in [0.1, 0.15) is 12.7 Å². The average molecular weight is 409 g/mol. The summed E-state index contributed by atoms with van der Waals surface area (Å²) in [6, 6.07) is 0. The van der Waals surface area contributed by atoms with E-state index in [9.17, 15) is 19.8 Å². The first-order valence-electron chi connectivity index (χ1n) is 7.30. The van der Waals surface area contributed by atoms with Crippen LogP contribution in [0.25, 0.3) is 0 Å². The van der Waals surface area contributed by atoms with Gasteiger partial charge in [0.15, 0.2) is 0 Å². The maximum Gasteiger partial charge on any atom is 1.00 e. The number of fused-ring (bicyclic) bond motifs is 1. The fourth-order valence-corrected chi connectivity index (χ4v) is 6.47. The van der Waals surface area contributed by atoms with Crippen molar-refractivity contribution >= 4 is 47.2 Å². The number of aromatic nitrogens is 2. The molecule has 1 aromatic rings. The number of carbonyl (C=O) groups is 2. The molecule has 3 rings (SSSR count). The number of thioether (sulfide) groups is 3. The Morgan fingerprint density at radius 2 is 2.20 bits per heavy atom. The number of amides is 1. The number of nitrogens with zero attached hydrogens (tertiary/aromatic N) is 2. The molecule has 1 aromatic heterocycles. The summed E-state index contributed by atoms with van der Waals surface area (Å²) >= 11 is 4.33. The number of carbonyl (C=O) groups excluding carboxylic acids is 2. The molecule has 1 fully saturated rings. The minimum absolute atomic E-state index is 0. The van der Waals surface area contributed by atoms with Gasteiger partial charge in [-0.2, -0.15) is 0 Å². The number of rotatable bonds is 7. The molecule has 0 bridgehead atoms. The first-order valence-corrected chi connectivity index (χ1v) is 10.2. The Bertz CT molecular complexity index is 709. The number of carboxylic acids is 1. The second-order valence-corrected chi connectivity index (χ2v) is 9.06. The molecule has 0 radical (unpaired) electrons. The topological polar surface area (TPSA) is 109 Å². The van der Waals surface area contributed by atoms with Crippen LogP contribution in [0.5, 0.6) is 0 Å². The van der Waals surface area contributed by atoms with E-state index in [1.807, 2.05) is 6.92 Å². The van der Waals surface area contributed by atoms with E-state index in [2.05, 4.69) is 9.97 Å². The first-order chi connectivity index (χ1) is 11.4. The molecule has 2 aliphatic heterocycles. The molecule has 0 saturated carbocycles. The molecule has 0 spiro atoms. The quantitative estimate of drug-likeness (QED) is 0.218. The number of hydrogen-bond acceptors (Lipinski definition) is 8. The standard InChI is InChI=1S/C14H17N3O4S3.Na/c1-6(18)9-11(19)17-10(13(20)21)14(24-12(9)17)23-4-3-22-8-5-15-7(2)16-8;/h5-6,9,12,18H,3-4H2,1-2H3,(H,15,16)(H,20,21);/q;+1/p-1/t6?,9-,12+;/m0./s1. The van der Waals surface area contributed by atoms with Crippen molar-refractivity contribution in [3.8, 4) is 0 Å². The molecule has 3 heterocycles. The third-order valence-electron chi connectivity index (χ3n) is 3.71. The van der Waals surface area contributed by atoms with Gasteiger partial charge in [0.25, 0.3) is 0 Å². The second-order valence-electron chi connectivity index (χ2n) is 5.44. The van der Waals surface area contributed by atoms with Gasteiger partial charge in [0.1, 0.15) is 11.2 Å². The number of aryl methyl sites for hydroxylation is 1. The van der Waals surface area contributed by atoms with Crippen LogP contribution in [-0.4, -0.2) is 54.8 Å². The number of aliphatic carboxylic acids is 1. The van der Waals surface area contributed by atoms with Crippen molar-refractivity contribution < 1.29 is 49.4 Å². The summed E-state index contributed by atoms with van der Waals surface area (Å²) in [7, 11) is 0. The summed E-state index contributed by atoms with van der Waals surface area (Å²) in [5.74, 6) is 0.0714. The van der Waals surface area contributed by atoms with Crippen molar-refractivity contribution in [3.63, 3.8) is 0 Å². The molecule has 7 nitrogen and oxygen atoms in total. The predicted molar refractivity (Wildman–Crippen MR) is 91.9 cm³/mol. The van der Waals surface area contributed by atoms with Gasteiger partial charge in [0, 0.05) is 11.5 Å². The Kier molecular flexibility index (Phi) is 7.40. The van der Waals surface area contributed by atoms with Crippen molar-refractivity contribution in [1.82, 2.24) is 14.9 Å². The largest absolute Gasteiger partial charge is 1.00 e. The van der Waals surface area contributed by atoms with Crippen molar-refractivity contribution in [2.75, 3.05) is 11.5 Å². The SMILES string of the molecule is Cc1ncc(SCCSC2=C(C(=O)[O-])N3C(=O)[C@H](C(C)O)[C@H]3S2)[nH]1.[Na+]. The molecule has 1 unspecified atom stereocenters. The molecule has 1 amide bonds. The summed E-state index contributed by atoms with van der Waals surface area (Å²) < 4.78 is 0.581. The molecule has 130 valence electrons. The van der Waals surface area contributed by atoms with Gasteiger partial charge in [0.05, 0.1) is 39.1 Å². The number of nitrogens with one attached hydrogen (secondary N) is 1. The zero-order valence-electron chi connectivity index (χ0n) is 14.0. The molecule has 3 atom stereocenters. The van der Waals surface area contributed by atoms with Crippen LogP contribution in [0.15, 0.2) is 21.2 Å². The monoisotopic (exact) mass is 409 g/mol. The Hall–Kier alpha value is -0.100. The van der Waals surface area contributed by atoms with Crippen LogP contribution in [0.4, 0.5) is 0 Å². The van der Waals surface area contributed by atoms with Gasteiger partial charge in [-0.3, -0.25) is 9.69 Å². The van der Waals surface area contributed by atoms with Gasteiger partial charge in [0.2, 0.25) is 5.91 Å². The summed E-state index contributed by atoms with van der Waals surface area (Å²) in [4.78, 5) is 32.0. The smallest absolute Gasteiger partial charge is 0.543 e. The number of aliphatic hydroxyl groups is 1. The maximum atomic E-state index is 12.1. The number of carboxylic acid groups (broad SMARTS) is 1. The van der Waals surface area contributed by atoms with Crippen molar-refractivity contribution in [1.29, 1.82) is 0 Å². The Morgan fingerprint density at radius 1 is 1.52 bits per heavy atom. The first kappa shape index (κ1) is 21.2. The molecule has 1 saturated heterocycles. The summed E-state index contributed by atoms with van der Waals surface area (Å²) in [6.45, 7) is 3.43. The molecule has 11 heteroatoms. The molecular formula is C14H16N3NaO4S3. The zero-order chi connectivity index (χ0) is 17.4. The molecule has 0 aliphatic carbocycles. The van der Waals surface area contributed by atoms with E-state index in [1.165, 1.54) is 28.4 Å². The Balaban J connectivity index is 0.00000225. The third-order valence-corrected chi connectivity index (χ3v) is 7.56. The summed E-state index contributed by atoms with van der Waals surface area (Å²) in [5, 5.41) is 21.7. The van der Waals surface area contributed by atoms with Crippen LogP contribution in [0.2, 0.25) is 0 Å². The van der Waals surface area contributed by atoms with E-state index in [-0.39, 0.29) is 46.5 Å². The Morgan fingerprint density at radius 3 is 2.76 bits per heavy atom. The fourth-order valence-electron chi connectivity index (χ4n) is 2.60. The minimum atomic E-state index is -1.35. The predicted octanol–water partition coefficient (Wildman–Crippen LogP) is -2.62. The van der Waals surface area contributed by atoms with Crippen LogP contribution < -0.4 is 34.7 Å². The number of H-pyrrole nitrogens is 1. The van der Waals surface area contributed by atoms with Gasteiger partial charge in [-0.1, -0.05) is 11.8 Å². The van der Waals surface area contributed by atoms with E-state index in [1.54, 1.807) is 24.9 Å². The van der Waals surface area contributed by atoms with Gasteiger partial charge in [-0.15, -0.1) is 23.5 Å². The normalized spacial score (nSPS) is 23.2. The van der Waals surface area contributed by atoms with Crippen molar-refractivity contribution in [2.45, 2.75) is 30.4 Å². The summed E-state index contributed by atoms with van der Waals surface area (Å²) in [5.41, 5.74) is -0.0562. The van der Waals surface area contributed by atoms with E-state index in [0.29, 0.717) is 9.99 Å². The van der Waals surface area contributed by atoms with Gasteiger partial charge < -0.3 is 20.0 Å². The second kappa shape index (κ2) is 8.73. The molecule has 2 aliphatic rings. The van der Waals surface area contributed by atoms with Crippen LogP contribution in [0.3, 0.4) is 0 Å². The van der Waals surface area contributed by atoms with Crippen LogP contribution in [0, 0.1) is 12.8 Å². The van der Waals surface area contributed by atoms with E-state index >= 15 is 0 Å². The zero-order valence-corrected chi connectivity index (χ0v) is 18.5. The fraction of sp³-hybridized carbons (Fsp3) is 0.500. The van der Waals surface area contributed by atoms with Crippen molar-refractivity contribution in [3.05, 3.63) is 22.0 Å². The van der Waals surface area contributed by atoms with E-state index in [0.717, 1.165) is 16.6 Å². The Labute approximate surface area is 180 Å². The van der Waals surface area contributed by atoms with E-state index < -0.39 is 18.0 Å². The van der Waals surface area contributed by atoms with Crippen LogP contribution in [-0.2, 0) is 9.59 Å². The molecule has 0 aromatic carbocycles. The number of imidazole rings is 1. The van der Waals surface area contributed by atoms with Gasteiger partial charge in [-0.25, -0.2) is 4.98 Å². The summed E-state index contributed by atoms with van der Waals surface area (Å²) in [6.07, 6.45) is 0.969. The van der Waals surface area contributed by atoms with Gasteiger partial charge >= 0.3 is 29.6 Å².